The van der Waals surface area contributed by atoms with Crippen LogP contribution in [0.5, 0.6) is 5.75 Å². The summed E-state index contributed by atoms with van der Waals surface area (Å²) < 4.78 is 10.1. The maximum atomic E-state index is 10.9. The van der Waals surface area contributed by atoms with Gasteiger partial charge in [0.1, 0.15) is 12.4 Å². The quantitative estimate of drug-likeness (QED) is 0.569. The molecule has 4 nitrogen and oxygen atoms in total. The van der Waals surface area contributed by atoms with Crippen molar-refractivity contribution >= 4 is 12.0 Å². The van der Waals surface area contributed by atoms with Crippen LogP contribution in [-0.4, -0.2) is 45.2 Å². The fourth-order valence-electron chi connectivity index (χ4n) is 1.25. The number of methoxy groups -OCH3 is 1. The predicted octanol–water partition coefficient (Wildman–Crippen LogP) is 1.81. The second-order valence-corrected chi connectivity index (χ2v) is 4.08. The van der Waals surface area contributed by atoms with E-state index in [1.165, 1.54) is 13.2 Å². The number of nitrogens with zero attached hydrogens (tertiary/aromatic N) is 1. The number of ether oxygens (including phenoxy) is 2. The number of benzene rings is 1. The van der Waals surface area contributed by atoms with Crippen LogP contribution >= 0.6 is 0 Å². The van der Waals surface area contributed by atoms with E-state index in [1.54, 1.807) is 6.08 Å². The van der Waals surface area contributed by atoms with Crippen molar-refractivity contribution < 1.29 is 14.3 Å². The minimum absolute atomic E-state index is 0.360. The molecule has 0 N–H and O–H groups in total. The van der Waals surface area contributed by atoms with Crippen molar-refractivity contribution in [2.75, 3.05) is 34.4 Å². The highest BCUT2D eigenvalue weighted by Crippen LogP contribution is 2.13. The third-order valence-corrected chi connectivity index (χ3v) is 2.30. The summed E-state index contributed by atoms with van der Waals surface area (Å²) in [5.41, 5.74) is 0.931. The van der Waals surface area contributed by atoms with Crippen molar-refractivity contribution in [1.29, 1.82) is 0 Å². The Morgan fingerprint density at radius 1 is 1.28 bits per heavy atom. The summed E-state index contributed by atoms with van der Waals surface area (Å²) in [5.74, 6) is 0.466. The van der Waals surface area contributed by atoms with E-state index in [4.69, 9.17) is 4.74 Å². The van der Waals surface area contributed by atoms with Crippen LogP contribution in [0, 0.1) is 0 Å². The van der Waals surface area contributed by atoms with Gasteiger partial charge in [0, 0.05) is 12.6 Å². The fourth-order valence-corrected chi connectivity index (χ4v) is 1.25. The Balaban J connectivity index is 2.47. The number of carbonyl (C=O) groups excluding carboxylic acids is 1. The Kier molecular flexibility index (Phi) is 5.94. The first-order chi connectivity index (χ1) is 8.61. The summed E-state index contributed by atoms with van der Waals surface area (Å²) in [6.07, 6.45) is 3.09. The summed E-state index contributed by atoms with van der Waals surface area (Å²) in [7, 11) is 5.36. The zero-order valence-electron chi connectivity index (χ0n) is 11.1. The van der Waals surface area contributed by atoms with E-state index in [0.29, 0.717) is 6.61 Å². The lowest BCUT2D eigenvalue weighted by atomic mass is 10.2. The van der Waals surface area contributed by atoms with E-state index in [1.807, 2.05) is 38.4 Å². The monoisotopic (exact) mass is 249 g/mol. The van der Waals surface area contributed by atoms with Crippen molar-refractivity contribution in [1.82, 2.24) is 4.90 Å². The van der Waals surface area contributed by atoms with Crippen molar-refractivity contribution in [2.24, 2.45) is 0 Å². The van der Waals surface area contributed by atoms with Gasteiger partial charge in [0.2, 0.25) is 0 Å². The number of likely N-dealkylation sites (N-methyl/N-ethyl adjacent to an activating group) is 1. The number of carbonyl (C=O) groups is 1. The molecule has 98 valence electrons. The SMILES string of the molecule is COC(=O)/C=C/c1ccc(OCCN(C)C)cc1. The van der Waals surface area contributed by atoms with Gasteiger partial charge in [-0.3, -0.25) is 0 Å². The molecular formula is C14H19NO3. The Morgan fingerprint density at radius 2 is 1.94 bits per heavy atom. The molecule has 0 heterocycles. The highest BCUT2D eigenvalue weighted by Gasteiger charge is 1.96. The van der Waals surface area contributed by atoms with Crippen molar-refractivity contribution in [2.45, 2.75) is 0 Å². The van der Waals surface area contributed by atoms with Crippen LogP contribution in [-0.2, 0) is 9.53 Å². The van der Waals surface area contributed by atoms with Crippen LogP contribution in [0.15, 0.2) is 30.3 Å². The zero-order chi connectivity index (χ0) is 13.4. The van der Waals surface area contributed by atoms with Crippen molar-refractivity contribution in [3.8, 4) is 5.75 Å². The first kappa shape index (κ1) is 14.3. The molecule has 1 rings (SSSR count). The molecule has 0 amide bonds. The van der Waals surface area contributed by atoms with Gasteiger partial charge < -0.3 is 14.4 Å². The molecular weight excluding hydrogens is 230 g/mol. The molecule has 0 aromatic heterocycles. The molecule has 0 saturated carbocycles. The van der Waals surface area contributed by atoms with Crippen LogP contribution in [0.25, 0.3) is 6.08 Å². The molecule has 0 atom stereocenters. The van der Waals surface area contributed by atoms with E-state index < -0.39 is 0 Å². The van der Waals surface area contributed by atoms with Gasteiger partial charge in [-0.1, -0.05) is 12.1 Å². The molecule has 0 aliphatic heterocycles. The van der Waals surface area contributed by atoms with Gasteiger partial charge in [0.05, 0.1) is 7.11 Å². The van der Waals surface area contributed by atoms with Crippen LogP contribution in [0.3, 0.4) is 0 Å². The van der Waals surface area contributed by atoms with Gasteiger partial charge >= 0.3 is 5.97 Å². The minimum Gasteiger partial charge on any atom is -0.492 e. The average Bonchev–Trinajstić information content (AvgIpc) is 2.37. The normalized spacial score (nSPS) is 10.9. The maximum Gasteiger partial charge on any atom is 0.330 e. The van der Waals surface area contributed by atoms with E-state index in [2.05, 4.69) is 9.64 Å². The smallest absolute Gasteiger partial charge is 0.330 e. The van der Waals surface area contributed by atoms with E-state index in [0.717, 1.165) is 17.9 Å². The van der Waals surface area contributed by atoms with Gasteiger partial charge in [-0.15, -0.1) is 0 Å². The molecule has 18 heavy (non-hydrogen) atoms. The molecule has 0 spiro atoms. The zero-order valence-corrected chi connectivity index (χ0v) is 11.1. The van der Waals surface area contributed by atoms with Crippen LogP contribution in [0.4, 0.5) is 0 Å². The predicted molar refractivity (Wildman–Crippen MR) is 71.5 cm³/mol. The van der Waals surface area contributed by atoms with Gasteiger partial charge in [0.25, 0.3) is 0 Å². The second-order valence-electron chi connectivity index (χ2n) is 4.08. The topological polar surface area (TPSA) is 38.8 Å². The first-order valence-electron chi connectivity index (χ1n) is 5.75. The number of hydrogen-bond donors (Lipinski definition) is 0. The first-order valence-corrected chi connectivity index (χ1v) is 5.75. The number of hydrogen-bond acceptors (Lipinski definition) is 4. The Morgan fingerprint density at radius 3 is 2.50 bits per heavy atom. The summed E-state index contributed by atoms with van der Waals surface area (Å²) in [6, 6.07) is 7.55. The second kappa shape index (κ2) is 7.50. The Labute approximate surface area is 108 Å². The molecule has 0 radical (unpaired) electrons. The molecule has 0 bridgehead atoms. The minimum atomic E-state index is -0.360. The average molecular weight is 249 g/mol. The molecule has 0 aliphatic rings. The summed E-state index contributed by atoms with van der Waals surface area (Å²) in [4.78, 5) is 13.0. The molecule has 0 saturated heterocycles. The fraction of sp³-hybridized carbons (Fsp3) is 0.357. The largest absolute Gasteiger partial charge is 0.492 e. The summed E-state index contributed by atoms with van der Waals surface area (Å²) in [5, 5.41) is 0. The molecule has 1 aromatic rings. The van der Waals surface area contributed by atoms with Crippen LogP contribution in [0.1, 0.15) is 5.56 Å². The van der Waals surface area contributed by atoms with E-state index in [9.17, 15) is 4.79 Å². The third-order valence-electron chi connectivity index (χ3n) is 2.30. The van der Waals surface area contributed by atoms with E-state index in [-0.39, 0.29) is 5.97 Å². The lowest BCUT2D eigenvalue weighted by molar-refractivity contribution is -0.134. The maximum absolute atomic E-state index is 10.9. The van der Waals surface area contributed by atoms with Gasteiger partial charge in [-0.25, -0.2) is 4.79 Å². The van der Waals surface area contributed by atoms with Gasteiger partial charge in [-0.05, 0) is 37.9 Å². The van der Waals surface area contributed by atoms with Gasteiger partial charge in [-0.2, -0.15) is 0 Å². The Bertz CT molecular complexity index is 396. The molecule has 0 fully saturated rings. The molecule has 1 aromatic carbocycles. The summed E-state index contributed by atoms with van der Waals surface area (Å²) in [6.45, 7) is 1.54. The molecule has 0 unspecified atom stereocenters. The molecule has 4 heteroatoms. The highest BCUT2D eigenvalue weighted by atomic mass is 16.5. The van der Waals surface area contributed by atoms with E-state index >= 15 is 0 Å². The summed E-state index contributed by atoms with van der Waals surface area (Å²) >= 11 is 0. The standard InChI is InChI=1S/C14H19NO3/c1-15(2)10-11-18-13-7-4-12(5-8-13)6-9-14(16)17-3/h4-9H,10-11H2,1-3H3/b9-6+. The lowest BCUT2D eigenvalue weighted by Crippen LogP contribution is -2.19. The lowest BCUT2D eigenvalue weighted by Gasteiger charge is -2.10. The van der Waals surface area contributed by atoms with Crippen molar-refractivity contribution in [3.63, 3.8) is 0 Å². The number of rotatable bonds is 6. The van der Waals surface area contributed by atoms with Crippen LogP contribution < -0.4 is 4.74 Å². The van der Waals surface area contributed by atoms with Crippen LogP contribution in [0.2, 0.25) is 0 Å². The highest BCUT2D eigenvalue weighted by molar-refractivity contribution is 5.86. The van der Waals surface area contributed by atoms with Gasteiger partial charge in [0.15, 0.2) is 0 Å². The molecule has 0 aliphatic carbocycles. The third kappa shape index (κ3) is 5.50. The van der Waals surface area contributed by atoms with Crippen molar-refractivity contribution in [3.05, 3.63) is 35.9 Å². The number of esters is 1. The Hall–Kier alpha value is -1.81.